The molecule has 27 heavy (non-hydrogen) atoms. The summed E-state index contributed by atoms with van der Waals surface area (Å²) in [5.74, 6) is 0.473. The van der Waals surface area contributed by atoms with Crippen LogP contribution in [0.4, 0.5) is 10.3 Å². The summed E-state index contributed by atoms with van der Waals surface area (Å²) in [7, 11) is 0. The lowest BCUT2D eigenvalue weighted by molar-refractivity contribution is 0.457. The van der Waals surface area contributed by atoms with Gasteiger partial charge in [-0.1, -0.05) is 12.1 Å². The number of rotatable bonds is 4. The number of fused-ring (bicyclic) bond motifs is 1. The van der Waals surface area contributed by atoms with Crippen molar-refractivity contribution in [1.82, 2.24) is 14.5 Å². The third-order valence-electron chi connectivity index (χ3n) is 5.08. The molecule has 1 atom stereocenters. The van der Waals surface area contributed by atoms with Gasteiger partial charge in [-0.25, -0.2) is 9.37 Å². The van der Waals surface area contributed by atoms with Crippen molar-refractivity contribution in [3.8, 4) is 11.3 Å². The van der Waals surface area contributed by atoms with Crippen LogP contribution >= 0.6 is 0 Å². The molecule has 2 aromatic heterocycles. The van der Waals surface area contributed by atoms with Gasteiger partial charge in [-0.3, -0.25) is 14.3 Å². The van der Waals surface area contributed by atoms with Crippen molar-refractivity contribution in [3.05, 3.63) is 76.6 Å². The number of halogens is 1. The van der Waals surface area contributed by atoms with Crippen LogP contribution in [0.25, 0.3) is 11.3 Å². The van der Waals surface area contributed by atoms with Crippen molar-refractivity contribution in [2.75, 3.05) is 11.4 Å². The van der Waals surface area contributed by atoms with Crippen molar-refractivity contribution < 1.29 is 4.39 Å². The summed E-state index contributed by atoms with van der Waals surface area (Å²) in [6.45, 7) is 3.55. The summed E-state index contributed by atoms with van der Waals surface area (Å²) in [6, 6.07) is 12.1. The highest BCUT2D eigenvalue weighted by atomic mass is 19.1. The van der Waals surface area contributed by atoms with E-state index in [1.165, 1.54) is 12.1 Å². The number of anilines is 1. The molecule has 0 aliphatic carbocycles. The van der Waals surface area contributed by atoms with E-state index >= 15 is 0 Å². The van der Waals surface area contributed by atoms with E-state index in [4.69, 9.17) is 4.98 Å². The Balaban J connectivity index is 1.67. The lowest BCUT2D eigenvalue weighted by Gasteiger charge is -2.36. The molecule has 1 aromatic carbocycles. The molecule has 4 rings (SSSR count). The number of benzene rings is 1. The predicted molar refractivity (Wildman–Crippen MR) is 103 cm³/mol. The largest absolute Gasteiger partial charge is 0.339 e. The minimum atomic E-state index is -0.231. The molecule has 1 unspecified atom stereocenters. The molecule has 0 N–H and O–H groups in total. The average molecular weight is 364 g/mol. The summed E-state index contributed by atoms with van der Waals surface area (Å²) in [5.41, 5.74) is 2.57. The lowest BCUT2D eigenvalue weighted by Crippen LogP contribution is -2.45. The molecule has 1 aliphatic heterocycles. The Morgan fingerprint density at radius 2 is 1.89 bits per heavy atom. The number of hydrogen-bond acceptors (Lipinski definition) is 4. The zero-order valence-electron chi connectivity index (χ0n) is 15.2. The second kappa shape index (κ2) is 7.31. The van der Waals surface area contributed by atoms with Gasteiger partial charge in [0.25, 0.3) is 5.56 Å². The Bertz CT molecular complexity index is 985. The molecular formula is C21H21FN4O. The first-order valence-corrected chi connectivity index (χ1v) is 9.15. The smallest absolute Gasteiger partial charge is 0.255 e. The fraction of sp³-hybridized carbons (Fsp3) is 0.286. The Kier molecular flexibility index (Phi) is 4.71. The van der Waals surface area contributed by atoms with Crippen LogP contribution in [-0.2, 0) is 13.0 Å². The Morgan fingerprint density at radius 3 is 2.63 bits per heavy atom. The van der Waals surface area contributed by atoms with Crippen molar-refractivity contribution >= 4 is 5.95 Å². The van der Waals surface area contributed by atoms with Gasteiger partial charge in [0.05, 0.1) is 5.69 Å². The zero-order chi connectivity index (χ0) is 18.8. The summed E-state index contributed by atoms with van der Waals surface area (Å²) < 4.78 is 14.9. The summed E-state index contributed by atoms with van der Waals surface area (Å²) in [5, 5.41) is 0. The fourth-order valence-corrected chi connectivity index (χ4v) is 3.48. The zero-order valence-corrected chi connectivity index (χ0v) is 15.2. The van der Waals surface area contributed by atoms with Crippen molar-refractivity contribution in [2.45, 2.75) is 32.4 Å². The molecule has 3 heterocycles. The monoisotopic (exact) mass is 364 g/mol. The van der Waals surface area contributed by atoms with Gasteiger partial charge in [0.2, 0.25) is 5.95 Å². The van der Waals surface area contributed by atoms with Crippen LogP contribution in [0.15, 0.2) is 59.7 Å². The van der Waals surface area contributed by atoms with Gasteiger partial charge in [0.1, 0.15) is 5.82 Å². The summed E-state index contributed by atoms with van der Waals surface area (Å²) >= 11 is 0. The third-order valence-corrected chi connectivity index (χ3v) is 5.08. The second-order valence-electron chi connectivity index (χ2n) is 6.87. The van der Waals surface area contributed by atoms with E-state index in [0.29, 0.717) is 18.2 Å². The van der Waals surface area contributed by atoms with Crippen LogP contribution in [-0.4, -0.2) is 27.1 Å². The van der Waals surface area contributed by atoms with Gasteiger partial charge in [-0.05, 0) is 49.6 Å². The molecule has 0 spiro atoms. The van der Waals surface area contributed by atoms with E-state index < -0.39 is 0 Å². The average Bonchev–Trinajstić information content (AvgIpc) is 2.69. The molecule has 0 saturated heterocycles. The van der Waals surface area contributed by atoms with Crippen LogP contribution < -0.4 is 10.5 Å². The quantitative estimate of drug-likeness (QED) is 0.713. The van der Waals surface area contributed by atoms with E-state index in [1.807, 2.05) is 12.1 Å². The maximum absolute atomic E-state index is 13.1. The number of nitrogens with zero attached hydrogens (tertiary/aromatic N) is 4. The highest BCUT2D eigenvalue weighted by Crippen LogP contribution is 2.25. The van der Waals surface area contributed by atoms with Crippen LogP contribution in [0.1, 0.15) is 18.9 Å². The number of pyridine rings is 1. The van der Waals surface area contributed by atoms with E-state index in [1.54, 1.807) is 35.2 Å². The fourth-order valence-electron chi connectivity index (χ4n) is 3.48. The van der Waals surface area contributed by atoms with Crippen LogP contribution in [0.3, 0.4) is 0 Å². The highest BCUT2D eigenvalue weighted by molar-refractivity contribution is 5.59. The SMILES string of the molecule is CC1CCn2c(nc(-c3ccncc3)cc2=O)N1CCc1ccc(F)cc1. The molecule has 0 fully saturated rings. The maximum Gasteiger partial charge on any atom is 0.255 e. The van der Waals surface area contributed by atoms with E-state index in [-0.39, 0.29) is 17.4 Å². The number of hydrogen-bond donors (Lipinski definition) is 0. The maximum atomic E-state index is 13.1. The molecule has 0 saturated carbocycles. The Hall–Kier alpha value is -3.02. The van der Waals surface area contributed by atoms with Crippen LogP contribution in [0.2, 0.25) is 0 Å². The molecule has 5 nitrogen and oxygen atoms in total. The summed E-state index contributed by atoms with van der Waals surface area (Å²) in [4.78, 5) is 23.7. The standard InChI is InChI=1S/C21H21FN4O/c1-15-8-12-26-20(27)14-19(17-6-10-23-11-7-17)24-21(26)25(15)13-9-16-2-4-18(22)5-3-16/h2-7,10-11,14-15H,8-9,12-13H2,1H3. The highest BCUT2D eigenvalue weighted by Gasteiger charge is 2.25. The summed E-state index contributed by atoms with van der Waals surface area (Å²) in [6.07, 6.45) is 5.05. The lowest BCUT2D eigenvalue weighted by atomic mass is 10.1. The third kappa shape index (κ3) is 3.60. The Labute approximate surface area is 157 Å². The first kappa shape index (κ1) is 17.4. The van der Waals surface area contributed by atoms with Crippen molar-refractivity contribution in [3.63, 3.8) is 0 Å². The predicted octanol–water partition coefficient (Wildman–Crippen LogP) is 3.29. The van der Waals surface area contributed by atoms with Gasteiger partial charge < -0.3 is 4.90 Å². The van der Waals surface area contributed by atoms with Gasteiger partial charge in [-0.2, -0.15) is 0 Å². The first-order chi connectivity index (χ1) is 13.1. The molecule has 0 bridgehead atoms. The van der Waals surface area contributed by atoms with E-state index in [9.17, 15) is 9.18 Å². The van der Waals surface area contributed by atoms with Gasteiger partial charge in [0.15, 0.2) is 0 Å². The van der Waals surface area contributed by atoms with Crippen molar-refractivity contribution in [2.24, 2.45) is 0 Å². The molecular weight excluding hydrogens is 343 g/mol. The first-order valence-electron chi connectivity index (χ1n) is 9.15. The Morgan fingerprint density at radius 1 is 1.15 bits per heavy atom. The molecule has 0 radical (unpaired) electrons. The van der Waals surface area contributed by atoms with Crippen molar-refractivity contribution in [1.29, 1.82) is 0 Å². The topological polar surface area (TPSA) is 51.0 Å². The van der Waals surface area contributed by atoms with Gasteiger partial charge >= 0.3 is 0 Å². The van der Waals surface area contributed by atoms with Gasteiger partial charge in [-0.15, -0.1) is 0 Å². The minimum Gasteiger partial charge on any atom is -0.339 e. The molecule has 138 valence electrons. The molecule has 0 amide bonds. The van der Waals surface area contributed by atoms with Gasteiger partial charge in [0, 0.05) is 43.2 Å². The molecule has 1 aliphatic rings. The minimum absolute atomic E-state index is 0.0366. The van der Waals surface area contributed by atoms with Crippen LogP contribution in [0, 0.1) is 5.82 Å². The molecule has 6 heteroatoms. The van der Waals surface area contributed by atoms with E-state index in [0.717, 1.165) is 30.5 Å². The van der Waals surface area contributed by atoms with E-state index in [2.05, 4.69) is 16.8 Å². The van der Waals surface area contributed by atoms with Crippen LogP contribution in [0.5, 0.6) is 0 Å². The second-order valence-corrected chi connectivity index (χ2v) is 6.87. The normalized spacial score (nSPS) is 16.2. The molecule has 3 aromatic rings. The number of aromatic nitrogens is 3.